The maximum atomic E-state index is 12.6. The van der Waals surface area contributed by atoms with Gasteiger partial charge in [-0.15, -0.1) is 0 Å². The summed E-state index contributed by atoms with van der Waals surface area (Å²) in [6, 6.07) is 1.16. The maximum Gasteiger partial charge on any atom is 0.274 e. The van der Waals surface area contributed by atoms with Gasteiger partial charge in [0, 0.05) is 44.5 Å². The Balaban J connectivity index is 1.70. The molecule has 6 heteroatoms. The van der Waals surface area contributed by atoms with Crippen LogP contribution in [-0.2, 0) is 6.54 Å². The summed E-state index contributed by atoms with van der Waals surface area (Å²) in [7, 11) is 2.19. The lowest BCUT2D eigenvalue weighted by Crippen LogP contribution is -2.39. The zero-order chi connectivity index (χ0) is 14.1. The molecule has 3 rings (SSSR count). The minimum atomic E-state index is 0.0571. The average Bonchev–Trinajstić information content (AvgIpc) is 2.96. The summed E-state index contributed by atoms with van der Waals surface area (Å²) in [6.07, 6.45) is 7.04. The van der Waals surface area contributed by atoms with E-state index in [0.717, 1.165) is 19.5 Å². The summed E-state index contributed by atoms with van der Waals surface area (Å²) in [6.45, 7) is 2.93. The molecule has 0 radical (unpaired) electrons. The first-order chi connectivity index (χ1) is 9.69. The van der Waals surface area contributed by atoms with E-state index in [0.29, 0.717) is 30.9 Å². The third-order valence-electron chi connectivity index (χ3n) is 4.68. The fourth-order valence-electron chi connectivity index (χ4n) is 3.40. The highest BCUT2D eigenvalue weighted by Gasteiger charge is 2.36. The molecule has 2 unspecified atom stereocenters. The lowest BCUT2D eigenvalue weighted by molar-refractivity contribution is 0.0734. The molecule has 2 atom stereocenters. The van der Waals surface area contributed by atoms with Gasteiger partial charge in [-0.3, -0.25) is 9.69 Å². The number of likely N-dealkylation sites (N-methyl/N-ethyl adjacent to an activating group) is 1. The molecule has 2 aliphatic rings. The minimum absolute atomic E-state index is 0.0571. The molecule has 20 heavy (non-hydrogen) atoms. The highest BCUT2D eigenvalue weighted by atomic mass is 16.2. The predicted molar refractivity (Wildman–Crippen MR) is 76.4 cm³/mol. The van der Waals surface area contributed by atoms with Crippen molar-refractivity contribution in [2.45, 2.75) is 37.9 Å². The number of carbonyl (C=O) groups is 1. The number of fused-ring (bicyclic) bond motifs is 2. The van der Waals surface area contributed by atoms with Gasteiger partial charge in [0.2, 0.25) is 0 Å². The second kappa shape index (κ2) is 5.54. The molecule has 0 spiro atoms. The third kappa shape index (κ3) is 2.45. The van der Waals surface area contributed by atoms with Crippen LogP contribution in [0.2, 0.25) is 0 Å². The Hall–Kier alpha value is -1.40. The highest BCUT2D eigenvalue weighted by molar-refractivity contribution is 5.92. The number of nitrogens with zero attached hydrogens (tertiary/aromatic N) is 4. The number of hydrogen-bond donors (Lipinski definition) is 1. The largest absolute Gasteiger partial charge is 0.336 e. The first-order valence-corrected chi connectivity index (χ1v) is 7.42. The van der Waals surface area contributed by atoms with Gasteiger partial charge in [-0.2, -0.15) is 0 Å². The second-order valence-electron chi connectivity index (χ2n) is 5.88. The molecule has 2 saturated heterocycles. The van der Waals surface area contributed by atoms with Crippen LogP contribution in [0.25, 0.3) is 0 Å². The van der Waals surface area contributed by atoms with Crippen molar-refractivity contribution < 1.29 is 4.79 Å². The molecule has 2 fully saturated rings. The molecule has 110 valence electrons. The fraction of sp³-hybridized carbons (Fsp3) is 0.714. The van der Waals surface area contributed by atoms with Crippen molar-refractivity contribution in [2.24, 2.45) is 5.73 Å². The molecule has 2 bridgehead atoms. The van der Waals surface area contributed by atoms with Crippen LogP contribution in [0.3, 0.4) is 0 Å². The summed E-state index contributed by atoms with van der Waals surface area (Å²) in [5.74, 6) is 0.0571. The van der Waals surface area contributed by atoms with Crippen molar-refractivity contribution in [3.8, 4) is 0 Å². The molecule has 3 heterocycles. The molecule has 2 N–H and O–H groups in total. The van der Waals surface area contributed by atoms with Crippen molar-refractivity contribution in [3.63, 3.8) is 0 Å². The maximum absolute atomic E-state index is 12.6. The van der Waals surface area contributed by atoms with E-state index < -0.39 is 0 Å². The van der Waals surface area contributed by atoms with Crippen LogP contribution in [0.4, 0.5) is 0 Å². The molecular formula is C14H23N5O. The lowest BCUT2D eigenvalue weighted by Gasteiger charge is -2.25. The van der Waals surface area contributed by atoms with Crippen molar-refractivity contribution in [1.29, 1.82) is 0 Å². The number of amides is 1. The van der Waals surface area contributed by atoms with Gasteiger partial charge in [-0.1, -0.05) is 0 Å². The average molecular weight is 277 g/mol. The van der Waals surface area contributed by atoms with Gasteiger partial charge >= 0.3 is 0 Å². The Morgan fingerprint density at radius 2 is 2.20 bits per heavy atom. The van der Waals surface area contributed by atoms with Crippen LogP contribution in [0.1, 0.15) is 29.8 Å². The zero-order valence-electron chi connectivity index (χ0n) is 12.0. The van der Waals surface area contributed by atoms with Gasteiger partial charge in [0.15, 0.2) is 0 Å². The SMILES string of the molecule is CN1C2CCC1CN(C(=O)c1cn(CCN)cn1)CC2. The number of carbonyl (C=O) groups excluding carboxylic acids is 1. The Bertz CT molecular complexity index is 486. The first kappa shape index (κ1) is 13.6. The van der Waals surface area contributed by atoms with Gasteiger partial charge < -0.3 is 15.2 Å². The Labute approximate surface area is 119 Å². The van der Waals surface area contributed by atoms with Crippen molar-refractivity contribution in [1.82, 2.24) is 19.4 Å². The molecule has 0 aromatic carbocycles. The van der Waals surface area contributed by atoms with Crippen LogP contribution in [0.15, 0.2) is 12.5 Å². The van der Waals surface area contributed by atoms with E-state index in [1.165, 1.54) is 12.8 Å². The summed E-state index contributed by atoms with van der Waals surface area (Å²) in [5, 5.41) is 0. The number of rotatable bonds is 3. The van der Waals surface area contributed by atoms with Crippen molar-refractivity contribution in [2.75, 3.05) is 26.7 Å². The number of imidazole rings is 1. The Morgan fingerprint density at radius 3 is 3.00 bits per heavy atom. The number of aromatic nitrogens is 2. The summed E-state index contributed by atoms with van der Waals surface area (Å²) < 4.78 is 1.88. The molecule has 1 aromatic heterocycles. The zero-order valence-corrected chi connectivity index (χ0v) is 12.0. The van der Waals surface area contributed by atoms with E-state index in [1.807, 2.05) is 15.7 Å². The first-order valence-electron chi connectivity index (χ1n) is 7.42. The van der Waals surface area contributed by atoms with Gasteiger partial charge in [-0.05, 0) is 26.3 Å². The summed E-state index contributed by atoms with van der Waals surface area (Å²) in [5.41, 5.74) is 6.06. The highest BCUT2D eigenvalue weighted by Crippen LogP contribution is 2.28. The topological polar surface area (TPSA) is 67.4 Å². The van der Waals surface area contributed by atoms with E-state index in [4.69, 9.17) is 5.73 Å². The predicted octanol–water partition coefficient (Wildman–Crippen LogP) is 0.151. The second-order valence-corrected chi connectivity index (χ2v) is 5.88. The van der Waals surface area contributed by atoms with Crippen LogP contribution in [0, 0.1) is 0 Å². The van der Waals surface area contributed by atoms with Crippen molar-refractivity contribution in [3.05, 3.63) is 18.2 Å². The molecule has 0 aliphatic carbocycles. The lowest BCUT2D eigenvalue weighted by atomic mass is 10.1. The quantitative estimate of drug-likeness (QED) is 0.854. The van der Waals surface area contributed by atoms with Gasteiger partial charge in [0.1, 0.15) is 5.69 Å². The van der Waals surface area contributed by atoms with E-state index in [-0.39, 0.29) is 5.91 Å². The number of likely N-dealkylation sites (tertiary alicyclic amines) is 1. The molecule has 2 aliphatic heterocycles. The number of nitrogens with two attached hydrogens (primary N) is 1. The Kier molecular flexibility index (Phi) is 3.76. The van der Waals surface area contributed by atoms with Crippen LogP contribution in [-0.4, -0.2) is 64.0 Å². The number of hydrogen-bond acceptors (Lipinski definition) is 4. The monoisotopic (exact) mass is 277 g/mol. The molecular weight excluding hydrogens is 254 g/mol. The fourth-order valence-corrected chi connectivity index (χ4v) is 3.40. The van der Waals surface area contributed by atoms with E-state index in [1.54, 1.807) is 6.33 Å². The van der Waals surface area contributed by atoms with Gasteiger partial charge in [-0.25, -0.2) is 4.98 Å². The molecule has 1 aromatic rings. The molecule has 1 amide bonds. The third-order valence-corrected chi connectivity index (χ3v) is 4.68. The van der Waals surface area contributed by atoms with Gasteiger partial charge in [0.25, 0.3) is 5.91 Å². The Morgan fingerprint density at radius 1 is 1.40 bits per heavy atom. The minimum Gasteiger partial charge on any atom is -0.336 e. The summed E-state index contributed by atoms with van der Waals surface area (Å²) >= 11 is 0. The van der Waals surface area contributed by atoms with Crippen LogP contribution >= 0.6 is 0 Å². The van der Waals surface area contributed by atoms with Crippen LogP contribution in [0.5, 0.6) is 0 Å². The van der Waals surface area contributed by atoms with E-state index in [9.17, 15) is 4.79 Å². The van der Waals surface area contributed by atoms with Gasteiger partial charge in [0.05, 0.1) is 6.33 Å². The van der Waals surface area contributed by atoms with Crippen LogP contribution < -0.4 is 5.73 Å². The molecule has 0 saturated carbocycles. The normalized spacial score (nSPS) is 26.8. The molecule has 6 nitrogen and oxygen atoms in total. The van der Waals surface area contributed by atoms with E-state index in [2.05, 4.69) is 16.9 Å². The van der Waals surface area contributed by atoms with E-state index >= 15 is 0 Å². The van der Waals surface area contributed by atoms with Crippen molar-refractivity contribution >= 4 is 5.91 Å². The smallest absolute Gasteiger partial charge is 0.274 e. The summed E-state index contributed by atoms with van der Waals surface area (Å²) in [4.78, 5) is 21.2. The standard InChI is InChI=1S/C14H23N5O/c1-17-11-2-3-12(17)8-19(6-4-11)14(20)13-9-18(7-5-15)10-16-13/h9-12H,2-8,15H2,1H3.